The minimum atomic E-state index is -0.235. The van der Waals surface area contributed by atoms with Crippen molar-refractivity contribution in [3.63, 3.8) is 0 Å². The molecule has 5 N–H and O–H groups in total. The third kappa shape index (κ3) is 3.23. The number of amides is 1. The molecule has 0 saturated heterocycles. The molecule has 2 rings (SSSR count). The Labute approximate surface area is 110 Å². The average Bonchev–Trinajstić information content (AvgIpc) is 2.66. The molecule has 0 radical (unpaired) electrons. The van der Waals surface area contributed by atoms with Crippen LogP contribution in [0.2, 0.25) is 0 Å². The largest absolute Gasteiger partial charge is 0.350 e. The van der Waals surface area contributed by atoms with E-state index in [9.17, 15) is 9.59 Å². The van der Waals surface area contributed by atoms with Crippen LogP contribution in [0.1, 0.15) is 31.9 Å². The first kappa shape index (κ1) is 13.4. The van der Waals surface area contributed by atoms with Crippen LogP contribution < -0.4 is 16.7 Å². The number of hydrogen-bond donors (Lipinski definition) is 4. The quantitative estimate of drug-likeness (QED) is 0.654. The normalized spacial score (nSPS) is 14.3. The van der Waals surface area contributed by atoms with Gasteiger partial charge in [0.1, 0.15) is 0 Å². The summed E-state index contributed by atoms with van der Waals surface area (Å²) < 4.78 is 0. The molecule has 1 amide bonds. The smallest absolute Gasteiger partial charge is 0.323 e. The number of aromatic nitrogens is 2. The van der Waals surface area contributed by atoms with E-state index in [1.165, 1.54) is 0 Å². The third-order valence-electron chi connectivity index (χ3n) is 2.92. The van der Waals surface area contributed by atoms with Crippen molar-refractivity contribution in [2.24, 2.45) is 5.73 Å². The lowest BCUT2D eigenvalue weighted by Crippen LogP contribution is -2.31. The van der Waals surface area contributed by atoms with Crippen LogP contribution >= 0.6 is 0 Å². The van der Waals surface area contributed by atoms with Crippen molar-refractivity contribution in [2.75, 3.05) is 0 Å². The predicted molar refractivity (Wildman–Crippen MR) is 73.7 cm³/mol. The summed E-state index contributed by atoms with van der Waals surface area (Å²) in [6.07, 6.45) is 0.299. The zero-order valence-electron chi connectivity index (χ0n) is 11.0. The fraction of sp³-hybridized carbons (Fsp3) is 0.385. The fourth-order valence-corrected chi connectivity index (χ4v) is 2.00. The van der Waals surface area contributed by atoms with E-state index >= 15 is 0 Å². The molecule has 6 nitrogen and oxygen atoms in total. The molecule has 0 aliphatic rings. The molecule has 0 fully saturated rings. The Kier molecular flexibility index (Phi) is 3.71. The van der Waals surface area contributed by atoms with Gasteiger partial charge in [-0.1, -0.05) is 6.07 Å². The number of nitrogens with one attached hydrogen (secondary N) is 3. The topological polar surface area (TPSA) is 104 Å². The highest BCUT2D eigenvalue weighted by Gasteiger charge is 2.11. The molecular weight excluding hydrogens is 244 g/mol. The van der Waals surface area contributed by atoms with E-state index in [1.54, 1.807) is 6.92 Å². The van der Waals surface area contributed by atoms with E-state index < -0.39 is 0 Å². The lowest BCUT2D eigenvalue weighted by atomic mass is 10.1. The Morgan fingerprint density at radius 2 is 2.00 bits per heavy atom. The molecule has 1 aromatic carbocycles. The summed E-state index contributed by atoms with van der Waals surface area (Å²) in [6.45, 7) is 3.69. The number of nitrogens with two attached hydrogens (primary N) is 1. The van der Waals surface area contributed by atoms with Crippen molar-refractivity contribution in [1.29, 1.82) is 0 Å². The second-order valence-electron chi connectivity index (χ2n) is 4.85. The Balaban J connectivity index is 2.14. The zero-order valence-corrected chi connectivity index (χ0v) is 11.0. The zero-order chi connectivity index (χ0) is 14.0. The molecule has 2 atom stereocenters. The van der Waals surface area contributed by atoms with E-state index in [-0.39, 0.29) is 23.7 Å². The van der Waals surface area contributed by atoms with Gasteiger partial charge in [0.05, 0.1) is 17.1 Å². The number of fused-ring (bicyclic) bond motifs is 1. The first-order chi connectivity index (χ1) is 8.95. The van der Waals surface area contributed by atoms with Crippen LogP contribution in [-0.2, 0) is 4.79 Å². The van der Waals surface area contributed by atoms with Crippen molar-refractivity contribution in [1.82, 2.24) is 15.3 Å². The summed E-state index contributed by atoms with van der Waals surface area (Å²) in [5.74, 6) is -0.0786. The van der Waals surface area contributed by atoms with Gasteiger partial charge in [-0.05, 0) is 31.5 Å². The number of rotatable bonds is 4. The molecule has 0 bridgehead atoms. The van der Waals surface area contributed by atoms with Crippen LogP contribution in [0.25, 0.3) is 11.0 Å². The van der Waals surface area contributed by atoms with Gasteiger partial charge in [0.2, 0.25) is 5.91 Å². The van der Waals surface area contributed by atoms with Crippen molar-refractivity contribution in [2.45, 2.75) is 32.4 Å². The molecule has 0 saturated carbocycles. The van der Waals surface area contributed by atoms with Crippen molar-refractivity contribution in [3.05, 3.63) is 34.2 Å². The number of hydrogen-bond acceptors (Lipinski definition) is 3. The molecule has 1 heterocycles. The fourth-order valence-electron chi connectivity index (χ4n) is 2.00. The van der Waals surface area contributed by atoms with Crippen LogP contribution in [0.5, 0.6) is 0 Å². The summed E-state index contributed by atoms with van der Waals surface area (Å²) in [5, 5.41) is 2.88. The van der Waals surface area contributed by atoms with Crippen LogP contribution in [0.4, 0.5) is 0 Å². The number of carbonyl (C=O) groups is 1. The molecule has 0 aliphatic carbocycles. The Morgan fingerprint density at radius 1 is 1.32 bits per heavy atom. The molecule has 19 heavy (non-hydrogen) atoms. The Morgan fingerprint density at radius 3 is 2.68 bits per heavy atom. The standard InChI is InChI=1S/C13H18N4O2/c1-7(14)5-12(18)15-8(2)9-3-4-10-11(6-9)17-13(19)16-10/h3-4,6-8H,5,14H2,1-2H3,(H,15,18)(H2,16,17,19). The number of carbonyl (C=O) groups excluding carboxylic acids is 1. The molecule has 0 spiro atoms. The maximum Gasteiger partial charge on any atom is 0.323 e. The molecule has 102 valence electrons. The molecular formula is C13H18N4O2. The number of benzene rings is 1. The van der Waals surface area contributed by atoms with Crippen molar-refractivity contribution < 1.29 is 4.79 Å². The number of H-pyrrole nitrogens is 2. The van der Waals surface area contributed by atoms with Gasteiger partial charge in [-0.25, -0.2) is 4.79 Å². The van der Waals surface area contributed by atoms with Crippen LogP contribution in [0, 0.1) is 0 Å². The van der Waals surface area contributed by atoms with E-state index in [2.05, 4.69) is 15.3 Å². The maximum absolute atomic E-state index is 11.6. The summed E-state index contributed by atoms with van der Waals surface area (Å²) in [7, 11) is 0. The SMILES string of the molecule is CC(N)CC(=O)NC(C)c1ccc2[nH]c(=O)[nH]c2c1. The first-order valence-corrected chi connectivity index (χ1v) is 6.22. The van der Waals surface area contributed by atoms with E-state index in [0.29, 0.717) is 6.42 Å². The lowest BCUT2D eigenvalue weighted by molar-refractivity contribution is -0.122. The number of aromatic amines is 2. The second kappa shape index (κ2) is 5.27. The monoisotopic (exact) mass is 262 g/mol. The van der Waals surface area contributed by atoms with Crippen LogP contribution in [0.15, 0.2) is 23.0 Å². The predicted octanol–water partition coefficient (Wildman–Crippen LogP) is 0.771. The van der Waals surface area contributed by atoms with Gasteiger partial charge >= 0.3 is 5.69 Å². The van der Waals surface area contributed by atoms with Gasteiger partial charge in [-0.3, -0.25) is 4.79 Å². The van der Waals surface area contributed by atoms with Crippen molar-refractivity contribution >= 4 is 16.9 Å². The molecule has 0 aliphatic heterocycles. The van der Waals surface area contributed by atoms with Crippen LogP contribution in [-0.4, -0.2) is 21.9 Å². The lowest BCUT2D eigenvalue weighted by Gasteiger charge is -2.15. The first-order valence-electron chi connectivity index (χ1n) is 6.22. The molecule has 2 aromatic rings. The highest BCUT2D eigenvalue weighted by atomic mass is 16.1. The molecule has 6 heteroatoms. The van der Waals surface area contributed by atoms with Gasteiger partial charge in [-0.15, -0.1) is 0 Å². The van der Waals surface area contributed by atoms with Gasteiger partial charge in [-0.2, -0.15) is 0 Å². The Hall–Kier alpha value is -2.08. The van der Waals surface area contributed by atoms with E-state index in [4.69, 9.17) is 5.73 Å². The van der Waals surface area contributed by atoms with Gasteiger partial charge < -0.3 is 21.0 Å². The summed E-state index contributed by atoms with van der Waals surface area (Å²) in [4.78, 5) is 28.2. The van der Waals surface area contributed by atoms with Crippen molar-refractivity contribution in [3.8, 4) is 0 Å². The average molecular weight is 262 g/mol. The Bertz CT molecular complexity index is 641. The van der Waals surface area contributed by atoms with Gasteiger partial charge in [0.25, 0.3) is 0 Å². The van der Waals surface area contributed by atoms with E-state index in [1.807, 2.05) is 25.1 Å². The maximum atomic E-state index is 11.6. The second-order valence-corrected chi connectivity index (χ2v) is 4.85. The van der Waals surface area contributed by atoms with Gasteiger partial charge in [0.15, 0.2) is 0 Å². The summed E-state index contributed by atoms with van der Waals surface area (Å²) in [6, 6.07) is 5.26. The number of imidazole rings is 1. The third-order valence-corrected chi connectivity index (χ3v) is 2.92. The minimum absolute atomic E-state index is 0.0786. The molecule has 1 aromatic heterocycles. The molecule has 2 unspecified atom stereocenters. The van der Waals surface area contributed by atoms with Gasteiger partial charge in [0, 0.05) is 12.5 Å². The summed E-state index contributed by atoms with van der Waals surface area (Å²) >= 11 is 0. The van der Waals surface area contributed by atoms with Crippen LogP contribution in [0.3, 0.4) is 0 Å². The summed E-state index contributed by atoms with van der Waals surface area (Å²) in [5.41, 5.74) is 7.76. The van der Waals surface area contributed by atoms with E-state index in [0.717, 1.165) is 16.6 Å². The minimum Gasteiger partial charge on any atom is -0.350 e. The highest BCUT2D eigenvalue weighted by Crippen LogP contribution is 2.17. The highest BCUT2D eigenvalue weighted by molar-refractivity contribution is 5.78.